The highest BCUT2D eigenvalue weighted by molar-refractivity contribution is 7.83. The predicted molar refractivity (Wildman–Crippen MR) is 69.2 cm³/mol. The first-order valence-electron chi connectivity index (χ1n) is 7.24. The van der Waals surface area contributed by atoms with Gasteiger partial charge in [-0.3, -0.25) is 0 Å². The summed E-state index contributed by atoms with van der Waals surface area (Å²) in [5.41, 5.74) is 0. The Balaban J connectivity index is 6.91. The van der Waals surface area contributed by atoms with Crippen LogP contribution >= 0.6 is 0 Å². The SMILES string of the molecule is CN(S(=O)C(F)(F)C(F)(F)C(F)(F)C(F)(F)C(F)(F)C(F)(F)C(F)(F)C(F)(F)F)C(F)(F)C(=O)O. The van der Waals surface area contributed by atoms with Crippen LogP contribution in [0.1, 0.15) is 0 Å². The fraction of sp³-hybridized carbons (Fsp3) is 0.909. The van der Waals surface area contributed by atoms with Crippen LogP contribution < -0.4 is 0 Å². The lowest BCUT2D eigenvalue weighted by Crippen LogP contribution is -2.75. The maximum Gasteiger partial charge on any atom is 0.460 e. The Hall–Kier alpha value is -1.75. The molecule has 0 aromatic heterocycles. The molecular weight excluding hydrogens is 587 g/mol. The van der Waals surface area contributed by atoms with Crippen LogP contribution in [0.25, 0.3) is 0 Å². The zero-order valence-corrected chi connectivity index (χ0v) is 16.1. The molecule has 4 nitrogen and oxygen atoms in total. The predicted octanol–water partition coefficient (Wildman–Crippen LogP) is 5.23. The van der Waals surface area contributed by atoms with Crippen molar-refractivity contribution < 1.29 is 97.5 Å². The number of hydrogen-bond acceptors (Lipinski definition) is 2. The summed E-state index contributed by atoms with van der Waals surface area (Å²) in [5.74, 6) is -56.1. The van der Waals surface area contributed by atoms with E-state index in [1.807, 2.05) is 0 Å². The van der Waals surface area contributed by atoms with Gasteiger partial charge in [0.2, 0.25) is 0 Å². The summed E-state index contributed by atoms with van der Waals surface area (Å²) >= 11 is 0. The first-order chi connectivity index (χ1) is 14.8. The second-order valence-electron chi connectivity index (χ2n) is 6.05. The van der Waals surface area contributed by atoms with Gasteiger partial charge in [0.1, 0.15) is 0 Å². The van der Waals surface area contributed by atoms with Crippen molar-refractivity contribution >= 4 is 17.0 Å². The van der Waals surface area contributed by atoms with Gasteiger partial charge in [-0.25, -0.2) is 9.00 Å². The van der Waals surface area contributed by atoms with Gasteiger partial charge in [-0.15, -0.1) is 0 Å². The molecule has 0 saturated heterocycles. The lowest BCUT2D eigenvalue weighted by atomic mass is 9.91. The second kappa shape index (κ2) is 8.39. The number of carboxylic acids is 1. The number of aliphatic carboxylic acids is 1. The van der Waals surface area contributed by atoms with E-state index in [1.165, 1.54) is 0 Å². The van der Waals surface area contributed by atoms with E-state index in [4.69, 9.17) is 5.11 Å². The number of carbonyl (C=O) groups is 1. The van der Waals surface area contributed by atoms with Gasteiger partial charge in [0.05, 0.1) is 0 Å². The lowest BCUT2D eigenvalue weighted by Gasteiger charge is -2.42. The van der Waals surface area contributed by atoms with Gasteiger partial charge in [-0.2, -0.15) is 87.7 Å². The van der Waals surface area contributed by atoms with Gasteiger partial charge < -0.3 is 5.11 Å². The Labute approximate surface area is 180 Å². The Morgan fingerprint density at radius 2 is 0.829 bits per heavy atom. The molecule has 0 rings (SSSR count). The number of likely N-dealkylation sites (N-methyl/N-ethyl adjacent to an activating group) is 1. The number of hydrogen-bond donors (Lipinski definition) is 1. The molecule has 1 unspecified atom stereocenters. The molecule has 0 aromatic rings. The normalized spacial score (nSPS) is 17.1. The van der Waals surface area contributed by atoms with Crippen molar-refractivity contribution in [2.75, 3.05) is 7.05 Å². The standard InChI is InChI=1S/C11H4F19NO3S/c1-31(3(12,13)2(32)33)35(34)11(29,30)9(24,25)7(20,21)5(16,17)4(14,15)6(18,19)8(22,23)10(26,27)28/h1H3,(H,32,33). The van der Waals surface area contributed by atoms with Gasteiger partial charge >= 0.3 is 59.0 Å². The molecule has 0 fully saturated rings. The van der Waals surface area contributed by atoms with Crippen LogP contribution in [0.3, 0.4) is 0 Å². The second-order valence-corrected chi connectivity index (χ2v) is 7.61. The van der Waals surface area contributed by atoms with E-state index >= 15 is 0 Å². The largest absolute Gasteiger partial charge is 0.476 e. The van der Waals surface area contributed by atoms with Gasteiger partial charge in [0.25, 0.3) is 0 Å². The van der Waals surface area contributed by atoms with Crippen LogP contribution in [0.5, 0.6) is 0 Å². The van der Waals surface area contributed by atoms with Crippen molar-refractivity contribution in [3.63, 3.8) is 0 Å². The van der Waals surface area contributed by atoms with E-state index < -0.39 is 81.3 Å². The molecule has 0 aliphatic carbocycles. The van der Waals surface area contributed by atoms with E-state index in [1.54, 1.807) is 0 Å². The van der Waals surface area contributed by atoms with Crippen LogP contribution in [0.4, 0.5) is 83.4 Å². The Kier molecular flexibility index (Phi) is 7.98. The minimum atomic E-state index is -9.00. The molecule has 0 bridgehead atoms. The molecule has 24 heteroatoms. The van der Waals surface area contributed by atoms with Crippen molar-refractivity contribution in [2.45, 2.75) is 53.0 Å². The van der Waals surface area contributed by atoms with E-state index in [-0.39, 0.29) is 0 Å². The fourth-order valence-electron chi connectivity index (χ4n) is 1.67. The third-order valence-electron chi connectivity index (χ3n) is 3.81. The maximum absolute atomic E-state index is 13.6. The van der Waals surface area contributed by atoms with Crippen LogP contribution in [-0.2, 0) is 15.8 Å². The van der Waals surface area contributed by atoms with Crippen LogP contribution in [-0.4, -0.2) is 79.7 Å². The summed E-state index contributed by atoms with van der Waals surface area (Å²) in [7, 11) is -6.77. The third kappa shape index (κ3) is 4.26. The van der Waals surface area contributed by atoms with E-state index in [9.17, 15) is 92.4 Å². The lowest BCUT2D eigenvalue weighted by molar-refractivity contribution is -0.458. The monoisotopic (exact) mass is 591 g/mol. The zero-order chi connectivity index (χ0) is 29.2. The van der Waals surface area contributed by atoms with E-state index in [2.05, 4.69) is 0 Å². The topological polar surface area (TPSA) is 57.6 Å². The van der Waals surface area contributed by atoms with Gasteiger partial charge in [-0.05, 0) is 0 Å². The summed E-state index contributed by atoms with van der Waals surface area (Å²) in [5, 5.41) is 0.254. The molecule has 1 N–H and O–H groups in total. The minimum absolute atomic E-state index is 0.822. The molecule has 1 atom stereocenters. The quantitative estimate of drug-likeness (QED) is 0.280. The van der Waals surface area contributed by atoms with Gasteiger partial charge in [0.15, 0.2) is 11.0 Å². The third-order valence-corrected chi connectivity index (χ3v) is 5.24. The molecule has 0 saturated carbocycles. The van der Waals surface area contributed by atoms with Crippen LogP contribution in [0, 0.1) is 0 Å². The number of halogens is 19. The first kappa shape index (κ1) is 33.2. The molecule has 0 aromatic carbocycles. The summed E-state index contributed by atoms with van der Waals surface area (Å²) in [6, 6.07) is -5.98. The number of nitrogens with zero attached hydrogens (tertiary/aromatic N) is 1. The summed E-state index contributed by atoms with van der Waals surface area (Å²) in [6.07, 6.45) is -7.95. The van der Waals surface area contributed by atoms with E-state index in [0.717, 1.165) is 0 Å². The molecule has 210 valence electrons. The van der Waals surface area contributed by atoms with E-state index in [0.29, 0.717) is 0 Å². The molecule has 0 radical (unpaired) electrons. The number of alkyl halides is 19. The zero-order valence-electron chi connectivity index (χ0n) is 15.3. The first-order valence-corrected chi connectivity index (χ1v) is 8.35. The molecule has 0 amide bonds. The van der Waals surface area contributed by atoms with Crippen molar-refractivity contribution in [1.82, 2.24) is 4.31 Å². The van der Waals surface area contributed by atoms with Gasteiger partial charge in [0, 0.05) is 7.05 Å². The highest BCUT2D eigenvalue weighted by Gasteiger charge is 2.96. The Bertz CT molecular complexity index is 849. The van der Waals surface area contributed by atoms with Crippen LogP contribution in [0.2, 0.25) is 0 Å². The molecular formula is C11H4F19NO3S. The number of rotatable bonds is 10. The maximum atomic E-state index is 13.6. The highest BCUT2D eigenvalue weighted by atomic mass is 32.2. The Morgan fingerprint density at radius 3 is 1.09 bits per heavy atom. The molecule has 35 heavy (non-hydrogen) atoms. The summed E-state index contributed by atoms with van der Waals surface area (Å²) < 4.78 is 257. The molecule has 0 aliphatic heterocycles. The summed E-state index contributed by atoms with van der Waals surface area (Å²) in [4.78, 5) is 10.1. The smallest absolute Gasteiger partial charge is 0.460 e. The average Bonchev–Trinajstić information content (AvgIpc) is 2.64. The van der Waals surface area contributed by atoms with Crippen molar-refractivity contribution in [3.05, 3.63) is 0 Å². The van der Waals surface area contributed by atoms with Crippen LogP contribution in [0.15, 0.2) is 0 Å². The molecule has 0 spiro atoms. The minimum Gasteiger partial charge on any atom is -0.476 e. The van der Waals surface area contributed by atoms with Crippen molar-refractivity contribution in [2.24, 2.45) is 0 Å². The Morgan fingerprint density at radius 1 is 0.571 bits per heavy atom. The molecule has 0 heterocycles. The average molecular weight is 591 g/mol. The highest BCUT2D eigenvalue weighted by Crippen LogP contribution is 2.64. The van der Waals surface area contributed by atoms with Crippen molar-refractivity contribution in [3.8, 4) is 0 Å². The fourth-order valence-corrected chi connectivity index (χ4v) is 2.65. The number of carboxylic acid groups (broad SMARTS) is 1. The van der Waals surface area contributed by atoms with Gasteiger partial charge in [-0.1, -0.05) is 0 Å². The summed E-state index contributed by atoms with van der Waals surface area (Å²) in [6.45, 7) is 0. The van der Waals surface area contributed by atoms with Crippen molar-refractivity contribution in [1.29, 1.82) is 0 Å². The molecule has 0 aliphatic rings.